The molecule has 3 atom stereocenters. The van der Waals surface area contributed by atoms with Crippen LogP contribution in [-0.2, 0) is 9.59 Å². The van der Waals surface area contributed by atoms with Crippen molar-refractivity contribution < 1.29 is 14.7 Å². The van der Waals surface area contributed by atoms with Crippen LogP contribution in [0.1, 0.15) is 39.0 Å². The molecular weight excluding hydrogens is 256 g/mol. The van der Waals surface area contributed by atoms with E-state index in [4.69, 9.17) is 5.11 Å². The third kappa shape index (κ3) is 3.32. The second kappa shape index (κ2) is 6.57. The maximum atomic E-state index is 12.4. The average molecular weight is 282 g/mol. The number of nitrogens with zero attached hydrogens (tertiary/aromatic N) is 2. The fraction of sp³-hybridized carbons (Fsp3) is 0.867. The topological polar surface area (TPSA) is 60.9 Å². The molecule has 2 aliphatic rings. The number of rotatable bonds is 5. The zero-order chi connectivity index (χ0) is 14.7. The highest BCUT2D eigenvalue weighted by atomic mass is 16.4. The van der Waals surface area contributed by atoms with Crippen molar-refractivity contribution in [3.05, 3.63) is 0 Å². The molecule has 1 saturated carbocycles. The lowest BCUT2D eigenvalue weighted by Gasteiger charge is -2.29. The summed E-state index contributed by atoms with van der Waals surface area (Å²) in [6.07, 6.45) is 4.26. The van der Waals surface area contributed by atoms with Crippen molar-refractivity contribution in [1.82, 2.24) is 9.80 Å². The van der Waals surface area contributed by atoms with E-state index in [1.807, 2.05) is 11.9 Å². The monoisotopic (exact) mass is 282 g/mol. The Morgan fingerprint density at radius 3 is 2.55 bits per heavy atom. The molecule has 2 fully saturated rings. The molecule has 0 aromatic rings. The van der Waals surface area contributed by atoms with Gasteiger partial charge in [0.2, 0.25) is 5.91 Å². The standard InChI is InChI=1S/C15H26N2O3/c1-3-17-8-4-5-13(17)10-16(2)14(18)11-6-7-12(9-11)15(19)20/h11-13H,3-10H2,1-2H3,(H,19,20)/t11-,12+,13?/m1/s1. The summed E-state index contributed by atoms with van der Waals surface area (Å²) < 4.78 is 0. The minimum absolute atomic E-state index is 0.0856. The molecule has 1 heterocycles. The summed E-state index contributed by atoms with van der Waals surface area (Å²) in [7, 11) is 1.86. The zero-order valence-electron chi connectivity index (χ0n) is 12.5. The molecule has 1 N–H and O–H groups in total. The highest BCUT2D eigenvalue weighted by Gasteiger charge is 2.36. The molecule has 1 aliphatic carbocycles. The zero-order valence-corrected chi connectivity index (χ0v) is 12.5. The predicted octanol–water partition coefficient (Wildman–Crippen LogP) is 1.43. The highest BCUT2D eigenvalue weighted by Crippen LogP contribution is 2.32. The lowest BCUT2D eigenvalue weighted by Crippen LogP contribution is -2.42. The van der Waals surface area contributed by atoms with Crippen molar-refractivity contribution in [3.8, 4) is 0 Å². The Morgan fingerprint density at radius 2 is 1.95 bits per heavy atom. The summed E-state index contributed by atoms with van der Waals surface area (Å²) in [6.45, 7) is 5.11. The van der Waals surface area contributed by atoms with Crippen molar-refractivity contribution >= 4 is 11.9 Å². The van der Waals surface area contributed by atoms with Crippen LogP contribution in [-0.4, -0.2) is 59.5 Å². The van der Waals surface area contributed by atoms with E-state index in [2.05, 4.69) is 11.8 Å². The minimum atomic E-state index is -0.754. The van der Waals surface area contributed by atoms with E-state index in [1.165, 1.54) is 6.42 Å². The number of carboxylic acids is 1. The molecule has 0 bridgehead atoms. The van der Waals surface area contributed by atoms with Gasteiger partial charge in [0.1, 0.15) is 0 Å². The second-order valence-corrected chi connectivity index (χ2v) is 6.19. The molecule has 1 aliphatic heterocycles. The van der Waals surface area contributed by atoms with Crippen LogP contribution in [0.15, 0.2) is 0 Å². The molecule has 114 valence electrons. The first kappa shape index (κ1) is 15.3. The van der Waals surface area contributed by atoms with Crippen molar-refractivity contribution in [2.45, 2.75) is 45.1 Å². The molecule has 5 nitrogen and oxygen atoms in total. The van der Waals surface area contributed by atoms with Gasteiger partial charge in [0, 0.05) is 25.6 Å². The van der Waals surface area contributed by atoms with Crippen molar-refractivity contribution in [2.75, 3.05) is 26.7 Å². The number of carboxylic acid groups (broad SMARTS) is 1. The molecule has 0 aromatic heterocycles. The molecule has 2 rings (SSSR count). The molecule has 0 spiro atoms. The van der Waals surface area contributed by atoms with Crippen LogP contribution < -0.4 is 0 Å². The molecule has 5 heteroatoms. The molecule has 1 amide bonds. The number of hydrogen-bond donors (Lipinski definition) is 1. The first-order valence-corrected chi connectivity index (χ1v) is 7.74. The fourth-order valence-electron chi connectivity index (χ4n) is 3.67. The lowest BCUT2D eigenvalue weighted by atomic mass is 10.0. The summed E-state index contributed by atoms with van der Waals surface area (Å²) in [5.74, 6) is -1.03. The number of likely N-dealkylation sites (tertiary alicyclic amines) is 1. The Labute approximate surface area is 120 Å². The van der Waals surface area contributed by atoms with Crippen LogP contribution in [0.4, 0.5) is 0 Å². The smallest absolute Gasteiger partial charge is 0.306 e. The molecule has 0 aromatic carbocycles. The maximum absolute atomic E-state index is 12.4. The summed E-state index contributed by atoms with van der Waals surface area (Å²) in [5.41, 5.74) is 0. The van der Waals surface area contributed by atoms with E-state index in [0.29, 0.717) is 18.9 Å². The van der Waals surface area contributed by atoms with Gasteiger partial charge in [-0.2, -0.15) is 0 Å². The molecule has 20 heavy (non-hydrogen) atoms. The van der Waals surface area contributed by atoms with Gasteiger partial charge in [0.15, 0.2) is 0 Å². The van der Waals surface area contributed by atoms with E-state index >= 15 is 0 Å². The Bertz CT molecular complexity index is 372. The number of carbonyl (C=O) groups is 2. The van der Waals surface area contributed by atoms with E-state index in [0.717, 1.165) is 32.5 Å². The van der Waals surface area contributed by atoms with Gasteiger partial charge in [-0.25, -0.2) is 0 Å². The van der Waals surface area contributed by atoms with Crippen LogP contribution in [0.25, 0.3) is 0 Å². The van der Waals surface area contributed by atoms with Gasteiger partial charge in [0.25, 0.3) is 0 Å². The van der Waals surface area contributed by atoms with Gasteiger partial charge in [-0.15, -0.1) is 0 Å². The fourth-order valence-corrected chi connectivity index (χ4v) is 3.67. The third-order valence-electron chi connectivity index (χ3n) is 4.90. The third-order valence-corrected chi connectivity index (χ3v) is 4.90. The molecule has 1 unspecified atom stereocenters. The Balaban J connectivity index is 1.85. The Hall–Kier alpha value is -1.10. The second-order valence-electron chi connectivity index (χ2n) is 6.19. The number of aliphatic carboxylic acids is 1. The summed E-state index contributed by atoms with van der Waals surface area (Å²) in [6, 6.07) is 0.477. The van der Waals surface area contributed by atoms with Gasteiger partial charge >= 0.3 is 5.97 Å². The minimum Gasteiger partial charge on any atom is -0.481 e. The van der Waals surface area contributed by atoms with Gasteiger partial charge in [-0.1, -0.05) is 6.92 Å². The average Bonchev–Trinajstić information content (AvgIpc) is 3.06. The van der Waals surface area contributed by atoms with Crippen LogP contribution >= 0.6 is 0 Å². The van der Waals surface area contributed by atoms with E-state index < -0.39 is 5.97 Å². The molecular formula is C15H26N2O3. The largest absolute Gasteiger partial charge is 0.481 e. The first-order valence-electron chi connectivity index (χ1n) is 7.74. The number of carbonyl (C=O) groups excluding carboxylic acids is 1. The van der Waals surface area contributed by atoms with Gasteiger partial charge in [-0.3, -0.25) is 14.5 Å². The first-order chi connectivity index (χ1) is 9.52. The van der Waals surface area contributed by atoms with Gasteiger partial charge < -0.3 is 10.0 Å². The summed E-state index contributed by atoms with van der Waals surface area (Å²) in [5, 5.41) is 9.02. The van der Waals surface area contributed by atoms with Gasteiger partial charge in [0.05, 0.1) is 5.92 Å². The van der Waals surface area contributed by atoms with Crippen molar-refractivity contribution in [3.63, 3.8) is 0 Å². The highest BCUT2D eigenvalue weighted by molar-refractivity contribution is 5.80. The maximum Gasteiger partial charge on any atom is 0.306 e. The van der Waals surface area contributed by atoms with Crippen LogP contribution in [0.3, 0.4) is 0 Å². The van der Waals surface area contributed by atoms with Crippen LogP contribution in [0.5, 0.6) is 0 Å². The van der Waals surface area contributed by atoms with E-state index in [1.54, 1.807) is 0 Å². The normalized spacial score (nSPS) is 30.6. The van der Waals surface area contributed by atoms with Crippen LogP contribution in [0.2, 0.25) is 0 Å². The quantitative estimate of drug-likeness (QED) is 0.828. The molecule has 0 radical (unpaired) electrons. The van der Waals surface area contributed by atoms with Crippen molar-refractivity contribution in [2.24, 2.45) is 11.8 Å². The number of hydrogen-bond acceptors (Lipinski definition) is 3. The Morgan fingerprint density at radius 1 is 1.25 bits per heavy atom. The van der Waals surface area contributed by atoms with Gasteiger partial charge in [-0.05, 0) is 45.2 Å². The number of amides is 1. The van der Waals surface area contributed by atoms with Crippen molar-refractivity contribution in [1.29, 1.82) is 0 Å². The van der Waals surface area contributed by atoms with E-state index in [9.17, 15) is 9.59 Å². The number of likely N-dealkylation sites (N-methyl/N-ethyl adjacent to an activating group) is 2. The Kier molecular flexibility index (Phi) is 5.02. The lowest BCUT2D eigenvalue weighted by molar-refractivity contribution is -0.141. The van der Waals surface area contributed by atoms with Crippen LogP contribution in [0, 0.1) is 11.8 Å². The summed E-state index contributed by atoms with van der Waals surface area (Å²) in [4.78, 5) is 27.6. The van der Waals surface area contributed by atoms with E-state index in [-0.39, 0.29) is 17.7 Å². The molecule has 1 saturated heterocycles. The summed E-state index contributed by atoms with van der Waals surface area (Å²) >= 11 is 0. The predicted molar refractivity (Wildman–Crippen MR) is 76.4 cm³/mol. The SMILES string of the molecule is CCN1CCCC1CN(C)C(=O)[C@@H]1CC[C@H](C(=O)O)C1.